The predicted octanol–water partition coefficient (Wildman–Crippen LogP) is 1.80. The van der Waals surface area contributed by atoms with Gasteiger partial charge >= 0.3 is 0 Å². The lowest BCUT2D eigenvalue weighted by Crippen LogP contribution is -2.12. The van der Waals surface area contributed by atoms with Crippen LogP contribution in [0.15, 0.2) is 23.6 Å². The smallest absolute Gasteiger partial charge is 0.277 e. The lowest BCUT2D eigenvalue weighted by Gasteiger charge is -2.04. The largest absolute Gasteiger partial charge is 0.508 e. The fourth-order valence-electron chi connectivity index (χ4n) is 1.19. The van der Waals surface area contributed by atoms with Crippen molar-refractivity contribution < 1.29 is 9.90 Å². The third kappa shape index (κ3) is 2.17. The number of aromatic nitrogens is 2. The summed E-state index contributed by atoms with van der Waals surface area (Å²) in [6.07, 6.45) is 0. The summed E-state index contributed by atoms with van der Waals surface area (Å²) in [6.45, 7) is 1.76. The van der Waals surface area contributed by atoms with E-state index in [0.29, 0.717) is 11.3 Å². The van der Waals surface area contributed by atoms with Crippen molar-refractivity contribution in [3.63, 3.8) is 0 Å². The second-order valence-electron chi connectivity index (χ2n) is 3.25. The lowest BCUT2D eigenvalue weighted by molar-refractivity contribution is 0.102. The van der Waals surface area contributed by atoms with Crippen LogP contribution in [-0.2, 0) is 0 Å². The van der Waals surface area contributed by atoms with Gasteiger partial charge in [-0.25, -0.2) is 0 Å². The summed E-state index contributed by atoms with van der Waals surface area (Å²) in [7, 11) is 0. The molecule has 82 valence electrons. The highest BCUT2D eigenvalue weighted by atomic mass is 32.1. The molecule has 2 aromatic rings. The van der Waals surface area contributed by atoms with Crippen molar-refractivity contribution in [3.8, 4) is 5.75 Å². The Kier molecular flexibility index (Phi) is 2.82. The van der Waals surface area contributed by atoms with E-state index in [1.54, 1.807) is 24.4 Å². The van der Waals surface area contributed by atoms with Gasteiger partial charge in [-0.15, -0.1) is 5.10 Å². The summed E-state index contributed by atoms with van der Waals surface area (Å²) >= 11 is 1.12. The van der Waals surface area contributed by atoms with Crippen molar-refractivity contribution in [3.05, 3.63) is 34.8 Å². The maximum Gasteiger partial charge on any atom is 0.277 e. The fraction of sp³-hybridized carbons (Fsp3) is 0.100. The Morgan fingerprint density at radius 3 is 2.94 bits per heavy atom. The monoisotopic (exact) mass is 235 g/mol. The standard InChI is InChI=1S/C10H9N3O2S/c1-6-4-7(2-3-9(6)14)11-10(15)8-5-16-13-12-8/h2-5,14H,1H3,(H,11,15). The quantitative estimate of drug-likeness (QED) is 0.778. The van der Waals surface area contributed by atoms with E-state index in [2.05, 4.69) is 14.9 Å². The number of hydrogen-bond acceptors (Lipinski definition) is 5. The molecule has 0 unspecified atom stereocenters. The third-order valence-corrected chi connectivity index (χ3v) is 2.55. The van der Waals surface area contributed by atoms with Crippen molar-refractivity contribution in [1.29, 1.82) is 0 Å². The first-order valence-electron chi connectivity index (χ1n) is 4.55. The highest BCUT2D eigenvalue weighted by Crippen LogP contribution is 2.20. The molecular formula is C10H9N3O2S. The number of aromatic hydroxyl groups is 1. The Balaban J connectivity index is 2.15. The van der Waals surface area contributed by atoms with Gasteiger partial charge in [-0.05, 0) is 42.2 Å². The minimum atomic E-state index is -0.307. The molecule has 0 atom stereocenters. The van der Waals surface area contributed by atoms with Crippen LogP contribution in [0.4, 0.5) is 5.69 Å². The molecule has 1 aromatic heterocycles. The zero-order valence-corrected chi connectivity index (χ0v) is 9.28. The molecule has 1 heterocycles. The predicted molar refractivity (Wildman–Crippen MR) is 60.7 cm³/mol. The van der Waals surface area contributed by atoms with E-state index >= 15 is 0 Å². The Morgan fingerprint density at radius 2 is 2.31 bits per heavy atom. The molecule has 5 nitrogen and oxygen atoms in total. The van der Waals surface area contributed by atoms with Gasteiger partial charge in [-0.3, -0.25) is 4.79 Å². The average Bonchev–Trinajstić information content (AvgIpc) is 2.77. The van der Waals surface area contributed by atoms with E-state index in [9.17, 15) is 9.90 Å². The summed E-state index contributed by atoms with van der Waals surface area (Å²) in [4.78, 5) is 11.6. The molecule has 0 saturated heterocycles. The third-order valence-electron chi connectivity index (χ3n) is 2.05. The topological polar surface area (TPSA) is 75.1 Å². The normalized spacial score (nSPS) is 10.1. The van der Waals surface area contributed by atoms with Gasteiger partial charge in [-0.2, -0.15) is 0 Å². The van der Waals surface area contributed by atoms with Crippen LogP contribution in [0.2, 0.25) is 0 Å². The van der Waals surface area contributed by atoms with Crippen LogP contribution in [0.3, 0.4) is 0 Å². The molecule has 0 fully saturated rings. The molecule has 1 amide bonds. The first-order valence-corrected chi connectivity index (χ1v) is 5.38. The molecule has 0 saturated carbocycles. The molecule has 16 heavy (non-hydrogen) atoms. The van der Waals surface area contributed by atoms with Gasteiger partial charge in [0.1, 0.15) is 5.75 Å². The molecule has 0 aliphatic rings. The van der Waals surface area contributed by atoms with Crippen molar-refractivity contribution in [2.75, 3.05) is 5.32 Å². The number of hydrogen-bond donors (Lipinski definition) is 2. The van der Waals surface area contributed by atoms with E-state index in [0.717, 1.165) is 11.5 Å². The van der Waals surface area contributed by atoms with E-state index in [4.69, 9.17) is 0 Å². The van der Waals surface area contributed by atoms with Crippen molar-refractivity contribution >= 4 is 23.1 Å². The molecule has 0 radical (unpaired) electrons. The van der Waals surface area contributed by atoms with Gasteiger partial charge in [0.05, 0.1) is 0 Å². The number of amides is 1. The van der Waals surface area contributed by atoms with Gasteiger partial charge in [-0.1, -0.05) is 4.49 Å². The van der Waals surface area contributed by atoms with Gasteiger partial charge in [0.15, 0.2) is 5.69 Å². The summed E-state index contributed by atoms with van der Waals surface area (Å²) in [5.41, 5.74) is 1.61. The number of nitrogens with zero attached hydrogens (tertiary/aromatic N) is 2. The van der Waals surface area contributed by atoms with E-state index in [-0.39, 0.29) is 17.4 Å². The molecular weight excluding hydrogens is 226 g/mol. The maximum atomic E-state index is 11.6. The Morgan fingerprint density at radius 1 is 1.50 bits per heavy atom. The minimum Gasteiger partial charge on any atom is -0.508 e. The van der Waals surface area contributed by atoms with Crippen LogP contribution in [-0.4, -0.2) is 20.6 Å². The number of benzene rings is 1. The van der Waals surface area contributed by atoms with Crippen LogP contribution in [0.5, 0.6) is 5.75 Å². The summed E-state index contributed by atoms with van der Waals surface area (Å²) in [5.74, 6) is -0.104. The molecule has 0 aliphatic carbocycles. The first kappa shape index (κ1) is 10.6. The Labute approximate surface area is 95.9 Å². The van der Waals surface area contributed by atoms with Crippen LogP contribution >= 0.6 is 11.5 Å². The van der Waals surface area contributed by atoms with Crippen LogP contribution in [0, 0.1) is 6.92 Å². The highest BCUT2D eigenvalue weighted by Gasteiger charge is 2.09. The number of phenolic OH excluding ortho intramolecular Hbond substituents is 1. The SMILES string of the molecule is Cc1cc(NC(=O)c2csnn2)ccc1O. The fourth-order valence-corrected chi connectivity index (χ4v) is 1.63. The summed E-state index contributed by atoms with van der Waals surface area (Å²) < 4.78 is 3.61. The number of nitrogens with one attached hydrogen (secondary N) is 1. The first-order chi connectivity index (χ1) is 7.66. The lowest BCUT2D eigenvalue weighted by atomic mass is 10.2. The number of aryl methyl sites for hydroxylation is 1. The van der Waals surface area contributed by atoms with E-state index < -0.39 is 0 Å². The molecule has 0 aliphatic heterocycles. The zero-order chi connectivity index (χ0) is 11.5. The highest BCUT2D eigenvalue weighted by molar-refractivity contribution is 7.03. The summed E-state index contributed by atoms with van der Waals surface area (Å²) in [6, 6.07) is 4.84. The molecule has 2 N–H and O–H groups in total. The van der Waals surface area contributed by atoms with Crippen LogP contribution in [0.1, 0.15) is 16.1 Å². The molecule has 2 rings (SSSR count). The molecule has 1 aromatic carbocycles. The van der Waals surface area contributed by atoms with E-state index in [1.165, 1.54) is 6.07 Å². The van der Waals surface area contributed by atoms with Gasteiger partial charge in [0, 0.05) is 11.1 Å². The van der Waals surface area contributed by atoms with Crippen molar-refractivity contribution in [2.45, 2.75) is 6.92 Å². The van der Waals surface area contributed by atoms with E-state index in [1.807, 2.05) is 0 Å². The number of carbonyl (C=O) groups excluding carboxylic acids is 1. The number of anilines is 1. The second-order valence-corrected chi connectivity index (χ2v) is 3.86. The Bertz CT molecular complexity index is 511. The van der Waals surface area contributed by atoms with Crippen LogP contribution < -0.4 is 5.32 Å². The second kappa shape index (κ2) is 4.28. The minimum absolute atomic E-state index is 0.202. The average molecular weight is 235 g/mol. The molecule has 0 bridgehead atoms. The van der Waals surface area contributed by atoms with Gasteiger partial charge in [0.2, 0.25) is 0 Å². The number of carbonyl (C=O) groups is 1. The zero-order valence-electron chi connectivity index (χ0n) is 8.47. The Hall–Kier alpha value is -1.95. The van der Waals surface area contributed by atoms with Crippen molar-refractivity contribution in [2.24, 2.45) is 0 Å². The number of rotatable bonds is 2. The van der Waals surface area contributed by atoms with Crippen LogP contribution in [0.25, 0.3) is 0 Å². The molecule has 0 spiro atoms. The van der Waals surface area contributed by atoms with Gasteiger partial charge in [0.25, 0.3) is 5.91 Å². The van der Waals surface area contributed by atoms with Crippen molar-refractivity contribution in [1.82, 2.24) is 9.59 Å². The number of phenols is 1. The maximum absolute atomic E-state index is 11.6. The van der Waals surface area contributed by atoms with Gasteiger partial charge < -0.3 is 10.4 Å². The summed E-state index contributed by atoms with van der Waals surface area (Å²) in [5, 5.41) is 17.2. The molecule has 6 heteroatoms.